The molecule has 0 saturated heterocycles. The SMILES string of the molecule is CNC(=O)c1ccc(N)c(N(C)C(C)CCSC)c1. The number of carbonyl (C=O) groups excluding carboxylic acids is 1. The average molecular weight is 281 g/mol. The van der Waals surface area contributed by atoms with E-state index in [1.807, 2.05) is 24.9 Å². The molecular weight excluding hydrogens is 258 g/mol. The summed E-state index contributed by atoms with van der Waals surface area (Å²) >= 11 is 1.84. The van der Waals surface area contributed by atoms with Crippen LogP contribution in [0.5, 0.6) is 0 Å². The normalized spacial score (nSPS) is 12.0. The van der Waals surface area contributed by atoms with Gasteiger partial charge in [0.05, 0.1) is 11.4 Å². The Labute approximate surface area is 119 Å². The molecule has 0 radical (unpaired) electrons. The molecule has 1 aromatic rings. The summed E-state index contributed by atoms with van der Waals surface area (Å²) < 4.78 is 0. The van der Waals surface area contributed by atoms with Crippen LogP contribution in [0, 0.1) is 0 Å². The van der Waals surface area contributed by atoms with Gasteiger partial charge in [0.25, 0.3) is 5.91 Å². The van der Waals surface area contributed by atoms with Crippen LogP contribution < -0.4 is 16.0 Å². The number of carbonyl (C=O) groups is 1. The fourth-order valence-corrected chi connectivity index (χ4v) is 2.43. The zero-order chi connectivity index (χ0) is 14.4. The van der Waals surface area contributed by atoms with Gasteiger partial charge in [-0.1, -0.05) is 0 Å². The van der Waals surface area contributed by atoms with E-state index in [-0.39, 0.29) is 5.91 Å². The number of amides is 1. The van der Waals surface area contributed by atoms with E-state index < -0.39 is 0 Å². The molecule has 1 amide bonds. The van der Waals surface area contributed by atoms with E-state index in [1.54, 1.807) is 19.2 Å². The molecule has 0 bridgehead atoms. The molecule has 19 heavy (non-hydrogen) atoms. The first-order valence-electron chi connectivity index (χ1n) is 6.34. The monoisotopic (exact) mass is 281 g/mol. The highest BCUT2D eigenvalue weighted by Gasteiger charge is 2.14. The minimum absolute atomic E-state index is 0.0913. The Hall–Kier alpha value is -1.36. The van der Waals surface area contributed by atoms with Crippen molar-refractivity contribution in [3.05, 3.63) is 23.8 Å². The van der Waals surface area contributed by atoms with Crippen molar-refractivity contribution in [3.63, 3.8) is 0 Å². The van der Waals surface area contributed by atoms with E-state index >= 15 is 0 Å². The van der Waals surface area contributed by atoms with E-state index in [1.165, 1.54) is 0 Å². The van der Waals surface area contributed by atoms with Crippen molar-refractivity contribution in [1.82, 2.24) is 5.32 Å². The predicted octanol–water partition coefficient (Wildman–Crippen LogP) is 2.21. The number of thioether (sulfide) groups is 1. The molecule has 1 unspecified atom stereocenters. The number of hydrogen-bond acceptors (Lipinski definition) is 4. The van der Waals surface area contributed by atoms with Gasteiger partial charge in [-0.05, 0) is 43.6 Å². The molecule has 0 aliphatic heterocycles. The Bertz CT molecular complexity index is 437. The van der Waals surface area contributed by atoms with Crippen LogP contribution in [0.3, 0.4) is 0 Å². The van der Waals surface area contributed by atoms with Crippen LogP contribution in [-0.4, -0.2) is 38.1 Å². The third-order valence-corrected chi connectivity index (χ3v) is 3.94. The Balaban J connectivity index is 2.94. The average Bonchev–Trinajstić information content (AvgIpc) is 2.43. The summed E-state index contributed by atoms with van der Waals surface area (Å²) in [7, 11) is 3.65. The third-order valence-electron chi connectivity index (χ3n) is 3.30. The van der Waals surface area contributed by atoms with Crippen molar-refractivity contribution < 1.29 is 4.79 Å². The van der Waals surface area contributed by atoms with Gasteiger partial charge in [0.1, 0.15) is 0 Å². The Morgan fingerprint density at radius 1 is 1.53 bits per heavy atom. The van der Waals surface area contributed by atoms with Crippen LogP contribution in [0.15, 0.2) is 18.2 Å². The van der Waals surface area contributed by atoms with Gasteiger partial charge in [-0.15, -0.1) is 0 Å². The first kappa shape index (κ1) is 15.7. The van der Waals surface area contributed by atoms with Gasteiger partial charge in [0.2, 0.25) is 0 Å². The van der Waals surface area contributed by atoms with Crippen molar-refractivity contribution in [1.29, 1.82) is 0 Å². The molecule has 1 atom stereocenters. The number of nitrogens with one attached hydrogen (secondary N) is 1. The van der Waals surface area contributed by atoms with E-state index in [9.17, 15) is 4.79 Å². The van der Waals surface area contributed by atoms with Crippen LogP contribution in [0.2, 0.25) is 0 Å². The predicted molar refractivity (Wildman–Crippen MR) is 85.1 cm³/mol. The fourth-order valence-electron chi connectivity index (χ4n) is 1.85. The minimum Gasteiger partial charge on any atom is -0.397 e. The van der Waals surface area contributed by atoms with Crippen LogP contribution in [0.25, 0.3) is 0 Å². The number of nitrogens with zero attached hydrogens (tertiary/aromatic N) is 1. The van der Waals surface area contributed by atoms with Gasteiger partial charge in [-0.25, -0.2) is 0 Å². The summed E-state index contributed by atoms with van der Waals surface area (Å²) in [5.41, 5.74) is 8.27. The van der Waals surface area contributed by atoms with Crippen LogP contribution in [-0.2, 0) is 0 Å². The first-order valence-corrected chi connectivity index (χ1v) is 7.74. The van der Waals surface area contributed by atoms with Crippen molar-refractivity contribution in [2.24, 2.45) is 0 Å². The molecule has 5 heteroatoms. The van der Waals surface area contributed by atoms with Gasteiger partial charge in [0, 0.05) is 25.7 Å². The van der Waals surface area contributed by atoms with Gasteiger partial charge in [-0.2, -0.15) is 11.8 Å². The number of nitrogens with two attached hydrogens (primary N) is 1. The number of anilines is 2. The van der Waals surface area contributed by atoms with E-state index in [0.29, 0.717) is 17.3 Å². The lowest BCUT2D eigenvalue weighted by Gasteiger charge is -2.28. The van der Waals surface area contributed by atoms with E-state index in [0.717, 1.165) is 17.9 Å². The molecule has 0 spiro atoms. The van der Waals surface area contributed by atoms with Crippen molar-refractivity contribution in [3.8, 4) is 0 Å². The molecule has 0 aliphatic rings. The lowest BCUT2D eigenvalue weighted by Crippen LogP contribution is -2.30. The Morgan fingerprint density at radius 2 is 2.21 bits per heavy atom. The molecule has 1 aromatic carbocycles. The van der Waals surface area contributed by atoms with Gasteiger partial charge in [-0.3, -0.25) is 4.79 Å². The quantitative estimate of drug-likeness (QED) is 0.785. The molecular formula is C14H23N3OS. The molecule has 0 fully saturated rings. The molecule has 106 valence electrons. The number of benzene rings is 1. The number of rotatable bonds is 6. The second kappa shape index (κ2) is 7.28. The summed E-state index contributed by atoms with van der Waals surface area (Å²) in [5, 5.41) is 2.63. The van der Waals surface area contributed by atoms with Crippen molar-refractivity contribution >= 4 is 29.0 Å². The molecule has 4 nitrogen and oxygen atoms in total. The second-order valence-corrected chi connectivity index (χ2v) is 5.58. The minimum atomic E-state index is -0.0913. The highest BCUT2D eigenvalue weighted by Crippen LogP contribution is 2.26. The fraction of sp³-hybridized carbons (Fsp3) is 0.500. The first-order chi connectivity index (χ1) is 9.01. The second-order valence-electron chi connectivity index (χ2n) is 4.59. The summed E-state index contributed by atoms with van der Waals surface area (Å²) in [6.45, 7) is 2.17. The highest BCUT2D eigenvalue weighted by atomic mass is 32.2. The maximum absolute atomic E-state index is 11.7. The maximum Gasteiger partial charge on any atom is 0.251 e. The molecule has 1 rings (SSSR count). The van der Waals surface area contributed by atoms with Gasteiger partial charge in [0.15, 0.2) is 0 Å². The number of nitrogen functional groups attached to an aromatic ring is 1. The number of hydrogen-bond donors (Lipinski definition) is 2. The topological polar surface area (TPSA) is 58.4 Å². The smallest absolute Gasteiger partial charge is 0.251 e. The van der Waals surface area contributed by atoms with Gasteiger partial charge >= 0.3 is 0 Å². The van der Waals surface area contributed by atoms with E-state index in [2.05, 4.69) is 23.4 Å². The zero-order valence-electron chi connectivity index (χ0n) is 12.1. The molecule has 0 saturated carbocycles. The third kappa shape index (κ3) is 4.06. The maximum atomic E-state index is 11.7. The molecule has 0 heterocycles. The summed E-state index contributed by atoms with van der Waals surface area (Å²) in [6.07, 6.45) is 3.19. The lowest BCUT2D eigenvalue weighted by molar-refractivity contribution is 0.0963. The van der Waals surface area contributed by atoms with Crippen molar-refractivity contribution in [2.75, 3.05) is 36.7 Å². The summed E-state index contributed by atoms with van der Waals surface area (Å²) in [6, 6.07) is 5.77. The van der Waals surface area contributed by atoms with Crippen LogP contribution in [0.1, 0.15) is 23.7 Å². The lowest BCUT2D eigenvalue weighted by atomic mass is 10.1. The zero-order valence-corrected chi connectivity index (χ0v) is 12.9. The summed E-state index contributed by atoms with van der Waals surface area (Å²) in [5.74, 6) is 1.02. The highest BCUT2D eigenvalue weighted by molar-refractivity contribution is 7.98. The molecule has 0 aliphatic carbocycles. The van der Waals surface area contributed by atoms with Crippen molar-refractivity contribution in [2.45, 2.75) is 19.4 Å². The molecule has 3 N–H and O–H groups in total. The Kier molecular flexibility index (Phi) is 6.02. The van der Waals surface area contributed by atoms with E-state index in [4.69, 9.17) is 5.73 Å². The Morgan fingerprint density at radius 3 is 2.79 bits per heavy atom. The molecule has 0 aromatic heterocycles. The van der Waals surface area contributed by atoms with Crippen LogP contribution in [0.4, 0.5) is 11.4 Å². The largest absolute Gasteiger partial charge is 0.397 e. The van der Waals surface area contributed by atoms with Crippen LogP contribution >= 0.6 is 11.8 Å². The summed E-state index contributed by atoms with van der Waals surface area (Å²) in [4.78, 5) is 13.8. The standard InChI is InChI=1S/C14H23N3OS/c1-10(7-8-19-4)17(3)13-9-11(14(18)16-2)5-6-12(13)15/h5-6,9-10H,7-8,15H2,1-4H3,(H,16,18). The van der Waals surface area contributed by atoms with Gasteiger partial charge < -0.3 is 16.0 Å².